The molecule has 1 saturated carbocycles. The number of ether oxygens (including phenoxy) is 2. The number of phenols is 1. The number of hydrogen-bond acceptors (Lipinski definition) is 9. The fourth-order valence-electron chi connectivity index (χ4n) is 7.96. The minimum absolute atomic E-state index is 0.00462. The summed E-state index contributed by atoms with van der Waals surface area (Å²) < 4.78 is 16.0. The molecule has 0 saturated heterocycles. The maximum absolute atomic E-state index is 14.1. The first-order valence-electron chi connectivity index (χ1n) is 15.7. The molecule has 3 aliphatic rings. The Balaban J connectivity index is 1.30. The van der Waals surface area contributed by atoms with E-state index in [1.807, 2.05) is 6.08 Å². The molecule has 0 spiro atoms. The zero-order valence-corrected chi connectivity index (χ0v) is 27.2. The predicted molar refractivity (Wildman–Crippen MR) is 175 cm³/mol. The minimum Gasteiger partial charge on any atom is -0.508 e. The number of phenolic OH excluding ortho intramolecular Hbond substituents is 1. The van der Waals surface area contributed by atoms with Crippen LogP contribution in [0.5, 0.6) is 17.2 Å². The smallest absolute Gasteiger partial charge is 0.347 e. The number of ketones is 2. The first-order chi connectivity index (χ1) is 22.9. The van der Waals surface area contributed by atoms with Gasteiger partial charge in [0.1, 0.15) is 11.4 Å². The molecule has 0 bridgehead atoms. The number of carbonyl (C=O) groups is 2. The fourth-order valence-corrected chi connectivity index (χ4v) is 7.96. The molecule has 4 aromatic rings. The van der Waals surface area contributed by atoms with Crippen LogP contribution in [0.2, 0.25) is 0 Å². The highest BCUT2D eigenvalue weighted by Gasteiger charge is 2.59. The van der Waals surface area contributed by atoms with Gasteiger partial charge >= 0.3 is 11.4 Å². The van der Waals surface area contributed by atoms with E-state index in [0.29, 0.717) is 33.7 Å². The summed E-state index contributed by atoms with van der Waals surface area (Å²) in [6.07, 6.45) is 3.41. The van der Waals surface area contributed by atoms with E-state index in [1.54, 1.807) is 51.2 Å². The van der Waals surface area contributed by atoms with Crippen LogP contribution in [-0.4, -0.2) is 54.4 Å². The minimum atomic E-state index is -1.16. The van der Waals surface area contributed by atoms with Crippen molar-refractivity contribution in [3.05, 3.63) is 102 Å². The number of carbonyl (C=O) groups excluding carboxylic acids is 2. The Morgan fingerprint density at radius 3 is 2.46 bits per heavy atom. The summed E-state index contributed by atoms with van der Waals surface area (Å²) in [6.45, 7) is 3.36. The number of rotatable bonds is 6. The number of aromatic nitrogens is 5. The molecule has 48 heavy (non-hydrogen) atoms. The highest BCUT2D eigenvalue weighted by molar-refractivity contribution is 6.13. The molecule has 1 N–H and O–H groups in total. The van der Waals surface area contributed by atoms with Crippen LogP contribution in [0.1, 0.15) is 43.5 Å². The van der Waals surface area contributed by atoms with Gasteiger partial charge in [-0.05, 0) is 48.3 Å². The summed E-state index contributed by atoms with van der Waals surface area (Å²) in [6, 6.07) is 9.23. The zero-order chi connectivity index (χ0) is 34.2. The Bertz CT molecular complexity index is 2300. The molecule has 2 aliphatic carbocycles. The van der Waals surface area contributed by atoms with Crippen molar-refractivity contribution >= 4 is 22.6 Å². The largest absolute Gasteiger partial charge is 0.508 e. The third kappa shape index (κ3) is 4.36. The normalized spacial score (nSPS) is 23.2. The second kappa shape index (κ2) is 11.1. The summed E-state index contributed by atoms with van der Waals surface area (Å²) in [7, 11) is 4.61. The number of aryl methyl sites for hydroxylation is 2. The van der Waals surface area contributed by atoms with Gasteiger partial charge in [-0.15, -0.1) is 0 Å². The molecule has 1 aliphatic heterocycles. The SMILES string of the molecule is COc1cc2nc(CCn3c(=O)n4n(c3=O)[C@@H]3C[C@H]5C(=O)C(C)=CC(=O)[C@@]5(C)[C@@H](c5cccc(O)c5)C3=CC4)c(=O)n(C)c2cc1OC. The molecule has 13 heteroatoms. The monoisotopic (exact) mass is 653 g/mol. The van der Waals surface area contributed by atoms with Crippen LogP contribution in [0.4, 0.5) is 0 Å². The quantitative estimate of drug-likeness (QED) is 0.309. The number of methoxy groups -OCH3 is 2. The van der Waals surface area contributed by atoms with Gasteiger partial charge in [0.15, 0.2) is 23.1 Å². The number of benzene rings is 2. The average molecular weight is 654 g/mol. The molecule has 13 nitrogen and oxygen atoms in total. The molecule has 248 valence electrons. The highest BCUT2D eigenvalue weighted by Crippen LogP contribution is 2.59. The first-order valence-corrected chi connectivity index (χ1v) is 15.7. The number of allylic oxidation sites excluding steroid dienone is 4. The average Bonchev–Trinajstić information content (AvgIpc) is 3.32. The second-order valence-electron chi connectivity index (χ2n) is 12.9. The van der Waals surface area contributed by atoms with E-state index in [2.05, 4.69) is 4.98 Å². The van der Waals surface area contributed by atoms with Crippen LogP contribution < -0.4 is 26.4 Å². The molecule has 0 amide bonds. The Hall–Kier alpha value is -5.46. The lowest BCUT2D eigenvalue weighted by Crippen LogP contribution is -2.54. The maximum atomic E-state index is 14.1. The van der Waals surface area contributed by atoms with Crippen molar-refractivity contribution in [1.29, 1.82) is 0 Å². The number of aromatic hydroxyl groups is 1. The first kappa shape index (κ1) is 31.2. The summed E-state index contributed by atoms with van der Waals surface area (Å²) in [5.74, 6) is -0.863. The summed E-state index contributed by atoms with van der Waals surface area (Å²) >= 11 is 0. The van der Waals surface area contributed by atoms with Crippen molar-refractivity contribution in [2.45, 2.75) is 51.7 Å². The molecule has 1 fully saturated rings. The van der Waals surface area contributed by atoms with E-state index in [-0.39, 0.29) is 54.5 Å². The van der Waals surface area contributed by atoms with E-state index in [4.69, 9.17) is 9.47 Å². The van der Waals surface area contributed by atoms with Crippen molar-refractivity contribution in [3.8, 4) is 17.2 Å². The van der Waals surface area contributed by atoms with E-state index in [9.17, 15) is 29.1 Å². The topological polar surface area (TPSA) is 157 Å². The van der Waals surface area contributed by atoms with E-state index in [1.165, 1.54) is 40.3 Å². The van der Waals surface area contributed by atoms with Gasteiger partial charge in [0.2, 0.25) is 0 Å². The van der Waals surface area contributed by atoms with Crippen LogP contribution >= 0.6 is 0 Å². The Labute approximate surface area is 273 Å². The highest BCUT2D eigenvalue weighted by atomic mass is 16.5. The van der Waals surface area contributed by atoms with Crippen molar-refractivity contribution < 1.29 is 24.2 Å². The lowest BCUT2D eigenvalue weighted by Gasteiger charge is -2.52. The number of Topliss-reactive ketones (excluding diaryl/α,β-unsaturated/α-hetero) is 1. The predicted octanol–water partition coefficient (Wildman–Crippen LogP) is 2.41. The summed E-state index contributed by atoms with van der Waals surface area (Å²) in [5.41, 5.74) is 0.247. The van der Waals surface area contributed by atoms with Crippen LogP contribution in [0.3, 0.4) is 0 Å². The molecule has 0 radical (unpaired) electrons. The van der Waals surface area contributed by atoms with Crippen LogP contribution in [0, 0.1) is 11.3 Å². The lowest BCUT2D eigenvalue weighted by atomic mass is 9.51. The molecule has 4 atom stereocenters. The van der Waals surface area contributed by atoms with Gasteiger partial charge in [0.05, 0.1) is 43.3 Å². The molecule has 2 aromatic carbocycles. The van der Waals surface area contributed by atoms with Crippen molar-refractivity contribution in [1.82, 2.24) is 23.5 Å². The van der Waals surface area contributed by atoms with E-state index in [0.717, 1.165) is 10.1 Å². The Morgan fingerprint density at radius 1 is 1.02 bits per heavy atom. The van der Waals surface area contributed by atoms with E-state index >= 15 is 0 Å². The van der Waals surface area contributed by atoms with Gasteiger partial charge in [0, 0.05) is 44.0 Å². The van der Waals surface area contributed by atoms with E-state index < -0.39 is 34.7 Å². The molecule has 2 aromatic heterocycles. The number of nitrogens with zero attached hydrogens (tertiary/aromatic N) is 5. The van der Waals surface area contributed by atoms with Gasteiger partial charge in [-0.1, -0.05) is 25.1 Å². The number of fused-ring (bicyclic) bond motifs is 5. The van der Waals surface area contributed by atoms with Gasteiger partial charge in [0.25, 0.3) is 5.56 Å². The third-order valence-electron chi connectivity index (χ3n) is 10.4. The van der Waals surface area contributed by atoms with Crippen LogP contribution in [-0.2, 0) is 36.1 Å². The maximum Gasteiger partial charge on any atom is 0.347 e. The molecular formula is C35H35N5O8. The van der Waals surface area contributed by atoms with Gasteiger partial charge in [-0.3, -0.25) is 14.4 Å². The van der Waals surface area contributed by atoms with Crippen molar-refractivity contribution in [2.75, 3.05) is 14.2 Å². The van der Waals surface area contributed by atoms with Gasteiger partial charge in [-0.25, -0.2) is 28.5 Å². The molecule has 3 heterocycles. The lowest BCUT2D eigenvalue weighted by molar-refractivity contribution is -0.139. The van der Waals surface area contributed by atoms with Crippen LogP contribution in [0.25, 0.3) is 11.0 Å². The van der Waals surface area contributed by atoms with Crippen molar-refractivity contribution in [3.63, 3.8) is 0 Å². The zero-order valence-electron chi connectivity index (χ0n) is 27.2. The third-order valence-corrected chi connectivity index (χ3v) is 10.4. The van der Waals surface area contributed by atoms with Crippen molar-refractivity contribution in [2.24, 2.45) is 18.4 Å². The molecule has 0 unspecified atom stereocenters. The standard InChI is InChI=1S/C35H35N5O8/c1-18-13-29(42)35(2)22(31(18)43)15-25-21(30(35)19-7-6-8-20(41)14-19)9-12-39-33(45)38(34(46)40(25)39)11-10-23-32(44)37(3)26-17-28(48-5)27(47-4)16-24(26)36-23/h6-9,13-14,16-17,22,25,30,41H,10-12,15H2,1-5H3/t22-,25+,30-,35-/m0/s1. The van der Waals surface area contributed by atoms with Crippen LogP contribution in [0.15, 0.2) is 74.1 Å². The van der Waals surface area contributed by atoms with Gasteiger partial charge < -0.3 is 19.1 Å². The Kier molecular flexibility index (Phi) is 7.18. The number of hydrogen-bond donors (Lipinski definition) is 1. The second-order valence-corrected chi connectivity index (χ2v) is 12.9. The van der Waals surface area contributed by atoms with Gasteiger partial charge in [-0.2, -0.15) is 0 Å². The molecule has 7 rings (SSSR count). The summed E-state index contributed by atoms with van der Waals surface area (Å²) in [4.78, 5) is 73.2. The fraction of sp³-hybridized carbons (Fsp3) is 0.371. The molecular weight excluding hydrogens is 618 g/mol. The summed E-state index contributed by atoms with van der Waals surface area (Å²) in [5, 5.41) is 10.4. The Morgan fingerprint density at radius 2 is 1.75 bits per heavy atom.